The van der Waals surface area contributed by atoms with Gasteiger partial charge in [0.1, 0.15) is 10.6 Å². The van der Waals surface area contributed by atoms with E-state index in [1.807, 2.05) is 0 Å². The van der Waals surface area contributed by atoms with Crippen LogP contribution in [0.1, 0.15) is 34.4 Å². The number of aromatic nitrogens is 2. The maximum atomic E-state index is 12.5. The molecule has 0 fully saturated rings. The van der Waals surface area contributed by atoms with Gasteiger partial charge >= 0.3 is 0 Å². The molecule has 130 valence electrons. The number of nitrogens with one attached hydrogen (secondary N) is 2. The van der Waals surface area contributed by atoms with Crippen LogP contribution in [-0.2, 0) is 29.9 Å². The Bertz CT molecular complexity index is 883. The Morgan fingerprint density at radius 2 is 2.21 bits per heavy atom. The first-order valence-electron chi connectivity index (χ1n) is 7.70. The van der Waals surface area contributed by atoms with Gasteiger partial charge in [-0.3, -0.25) is 10.1 Å². The molecule has 0 aromatic carbocycles. The fourth-order valence-electron chi connectivity index (χ4n) is 2.78. The van der Waals surface area contributed by atoms with Gasteiger partial charge in [0.05, 0.1) is 5.69 Å². The number of hydrogen-bond donors (Lipinski definition) is 2. The molecule has 1 aliphatic carbocycles. The molecule has 1 atom stereocenters. The van der Waals surface area contributed by atoms with Gasteiger partial charge in [0.15, 0.2) is 5.13 Å². The molecule has 0 aliphatic heterocycles. The van der Waals surface area contributed by atoms with Crippen LogP contribution in [-0.4, -0.2) is 30.9 Å². The number of carbonyl (C=O) groups excluding carboxylic acids is 1. The summed E-state index contributed by atoms with van der Waals surface area (Å²) >= 11 is 1.50. The van der Waals surface area contributed by atoms with Gasteiger partial charge in [0.2, 0.25) is 10.0 Å². The fourth-order valence-corrected chi connectivity index (χ4v) is 4.74. The molecule has 24 heavy (non-hydrogen) atoms. The third-order valence-corrected chi connectivity index (χ3v) is 6.61. The maximum Gasteiger partial charge on any atom is 0.274 e. The quantitative estimate of drug-likeness (QED) is 0.860. The van der Waals surface area contributed by atoms with Crippen LogP contribution in [0.3, 0.4) is 0 Å². The van der Waals surface area contributed by atoms with Crippen LogP contribution < -0.4 is 10.0 Å². The summed E-state index contributed by atoms with van der Waals surface area (Å²) in [6.07, 6.45) is 4.47. The van der Waals surface area contributed by atoms with Crippen molar-refractivity contribution in [2.75, 3.05) is 12.4 Å². The van der Waals surface area contributed by atoms with Crippen molar-refractivity contribution in [3.05, 3.63) is 28.5 Å². The van der Waals surface area contributed by atoms with Gasteiger partial charge in [-0.2, -0.15) is 0 Å². The summed E-state index contributed by atoms with van der Waals surface area (Å²) in [6.45, 7) is 2.22. The van der Waals surface area contributed by atoms with E-state index in [0.29, 0.717) is 11.0 Å². The number of rotatable bonds is 4. The van der Waals surface area contributed by atoms with Gasteiger partial charge in [-0.25, -0.2) is 18.1 Å². The summed E-state index contributed by atoms with van der Waals surface area (Å²) in [5.74, 6) is 0.276. The average Bonchev–Trinajstić information content (AvgIpc) is 3.10. The number of anilines is 1. The molecule has 0 unspecified atom stereocenters. The third kappa shape index (κ3) is 3.24. The SMILES string of the molecule is CNS(=O)(=O)c1cc(C(=O)Nc2nc3c(s2)C[C@@H](C)CC3)n(C)c1. The van der Waals surface area contributed by atoms with Crippen molar-refractivity contribution < 1.29 is 13.2 Å². The first-order valence-corrected chi connectivity index (χ1v) is 10.00. The monoisotopic (exact) mass is 368 g/mol. The molecule has 1 aliphatic rings. The predicted molar refractivity (Wildman–Crippen MR) is 92.9 cm³/mol. The average molecular weight is 368 g/mol. The molecule has 0 spiro atoms. The van der Waals surface area contributed by atoms with E-state index in [1.54, 1.807) is 7.05 Å². The molecule has 0 bridgehead atoms. The van der Waals surface area contributed by atoms with Crippen molar-refractivity contribution in [2.45, 2.75) is 31.1 Å². The lowest BCUT2D eigenvalue weighted by Crippen LogP contribution is -2.18. The van der Waals surface area contributed by atoms with E-state index in [4.69, 9.17) is 0 Å². The summed E-state index contributed by atoms with van der Waals surface area (Å²) in [4.78, 5) is 18.3. The van der Waals surface area contributed by atoms with E-state index in [2.05, 4.69) is 21.9 Å². The molecule has 7 nitrogen and oxygen atoms in total. The van der Waals surface area contributed by atoms with Crippen molar-refractivity contribution >= 4 is 32.4 Å². The molecule has 2 aromatic rings. The van der Waals surface area contributed by atoms with Crippen LogP contribution in [0, 0.1) is 5.92 Å². The number of carbonyl (C=O) groups is 1. The Balaban J connectivity index is 1.81. The second-order valence-corrected chi connectivity index (χ2v) is 9.04. The highest BCUT2D eigenvalue weighted by Crippen LogP contribution is 2.32. The largest absolute Gasteiger partial charge is 0.345 e. The van der Waals surface area contributed by atoms with Gasteiger partial charge in [0, 0.05) is 18.1 Å². The van der Waals surface area contributed by atoms with E-state index in [-0.39, 0.29) is 16.5 Å². The van der Waals surface area contributed by atoms with Crippen LogP contribution in [0.15, 0.2) is 17.2 Å². The van der Waals surface area contributed by atoms with Crippen LogP contribution in [0.2, 0.25) is 0 Å². The molecule has 1 amide bonds. The zero-order valence-electron chi connectivity index (χ0n) is 13.8. The van der Waals surface area contributed by atoms with Crippen LogP contribution in [0.5, 0.6) is 0 Å². The second kappa shape index (κ2) is 6.30. The minimum atomic E-state index is -3.58. The van der Waals surface area contributed by atoms with Gasteiger partial charge < -0.3 is 4.57 Å². The topological polar surface area (TPSA) is 93.1 Å². The molecule has 0 saturated carbocycles. The molecular weight excluding hydrogens is 348 g/mol. The van der Waals surface area contributed by atoms with Crippen molar-refractivity contribution in [3.8, 4) is 0 Å². The van der Waals surface area contributed by atoms with Crippen molar-refractivity contribution in [1.82, 2.24) is 14.3 Å². The number of nitrogens with zero attached hydrogens (tertiary/aromatic N) is 2. The molecular formula is C15H20N4O3S2. The summed E-state index contributed by atoms with van der Waals surface area (Å²) in [5.41, 5.74) is 1.34. The minimum absolute atomic E-state index is 0.0601. The van der Waals surface area contributed by atoms with Crippen molar-refractivity contribution in [1.29, 1.82) is 0 Å². The lowest BCUT2D eigenvalue weighted by atomic mass is 9.93. The van der Waals surface area contributed by atoms with Crippen LogP contribution in [0.25, 0.3) is 0 Å². The van der Waals surface area contributed by atoms with E-state index in [1.165, 1.54) is 40.1 Å². The Morgan fingerprint density at radius 1 is 1.46 bits per heavy atom. The number of sulfonamides is 1. The first-order chi connectivity index (χ1) is 11.3. The van der Waals surface area contributed by atoms with E-state index >= 15 is 0 Å². The number of aryl methyl sites for hydroxylation is 2. The number of hydrogen-bond acceptors (Lipinski definition) is 5. The Hall–Kier alpha value is -1.71. The van der Waals surface area contributed by atoms with Gasteiger partial charge in [-0.15, -0.1) is 11.3 Å². The molecule has 2 N–H and O–H groups in total. The lowest BCUT2D eigenvalue weighted by Gasteiger charge is -2.15. The van der Waals surface area contributed by atoms with Crippen LogP contribution in [0.4, 0.5) is 5.13 Å². The highest BCUT2D eigenvalue weighted by Gasteiger charge is 2.23. The summed E-state index contributed by atoms with van der Waals surface area (Å²) in [7, 11) is -0.605. The Kier molecular flexibility index (Phi) is 4.50. The smallest absolute Gasteiger partial charge is 0.274 e. The fraction of sp³-hybridized carbons (Fsp3) is 0.467. The number of fused-ring (bicyclic) bond motifs is 1. The molecule has 2 heterocycles. The number of thiazole rings is 1. The van der Waals surface area contributed by atoms with Crippen LogP contribution >= 0.6 is 11.3 Å². The van der Waals surface area contributed by atoms with Crippen molar-refractivity contribution in [3.63, 3.8) is 0 Å². The molecule has 3 rings (SSSR count). The van der Waals surface area contributed by atoms with E-state index in [0.717, 1.165) is 25.0 Å². The highest BCUT2D eigenvalue weighted by molar-refractivity contribution is 7.89. The zero-order chi connectivity index (χ0) is 17.5. The normalized spacial score (nSPS) is 17.5. The summed E-state index contributed by atoms with van der Waals surface area (Å²) in [5, 5.41) is 3.35. The number of amides is 1. The maximum absolute atomic E-state index is 12.5. The third-order valence-electron chi connectivity index (χ3n) is 4.20. The lowest BCUT2D eigenvalue weighted by molar-refractivity contribution is 0.101. The molecule has 0 saturated heterocycles. The minimum Gasteiger partial charge on any atom is -0.345 e. The molecule has 9 heteroatoms. The predicted octanol–water partition coefficient (Wildman–Crippen LogP) is 1.77. The summed E-state index contributed by atoms with van der Waals surface area (Å²) < 4.78 is 27.4. The van der Waals surface area contributed by atoms with E-state index < -0.39 is 10.0 Å². The zero-order valence-corrected chi connectivity index (χ0v) is 15.4. The van der Waals surface area contributed by atoms with Crippen molar-refractivity contribution in [2.24, 2.45) is 13.0 Å². The first kappa shape index (κ1) is 17.1. The van der Waals surface area contributed by atoms with Gasteiger partial charge in [0.25, 0.3) is 5.91 Å². The second-order valence-electron chi connectivity index (χ2n) is 6.07. The standard InChI is InChI=1S/C15H20N4O3S2/c1-9-4-5-11-13(6-9)23-15(17-11)18-14(20)12-7-10(8-19(12)3)24(21,22)16-2/h7-9,16H,4-6H2,1-3H3,(H,17,18,20)/t9-/m0/s1. The molecule has 0 radical (unpaired) electrons. The van der Waals surface area contributed by atoms with Gasteiger partial charge in [-0.1, -0.05) is 6.92 Å². The Labute approximate surface area is 145 Å². The highest BCUT2D eigenvalue weighted by atomic mass is 32.2. The molecule has 2 aromatic heterocycles. The van der Waals surface area contributed by atoms with Gasteiger partial charge in [-0.05, 0) is 38.3 Å². The Morgan fingerprint density at radius 3 is 2.92 bits per heavy atom. The van der Waals surface area contributed by atoms with E-state index in [9.17, 15) is 13.2 Å². The summed E-state index contributed by atoms with van der Waals surface area (Å²) in [6, 6.07) is 1.36.